The van der Waals surface area contributed by atoms with Crippen LogP contribution in [-0.4, -0.2) is 12.6 Å². The summed E-state index contributed by atoms with van der Waals surface area (Å²) in [4.78, 5) is 12.5. The molecule has 2 amide bonds. The van der Waals surface area contributed by atoms with E-state index in [1.165, 1.54) is 0 Å². The number of urea groups is 1. The molecule has 0 aliphatic carbocycles. The molecule has 20 heavy (non-hydrogen) atoms. The first-order valence-corrected chi connectivity index (χ1v) is 7.05. The number of rotatable bonds is 4. The molecule has 104 valence electrons. The van der Waals surface area contributed by atoms with Crippen molar-refractivity contribution in [3.05, 3.63) is 59.1 Å². The minimum Gasteiger partial charge on any atom is -0.338 e. The number of nitrogens with one attached hydrogen (secondary N) is 2. The molecule has 2 N–H and O–H groups in total. The maximum atomic E-state index is 11.7. The third kappa shape index (κ3) is 4.47. The van der Waals surface area contributed by atoms with Crippen molar-refractivity contribution < 1.29 is 4.79 Å². The second kappa shape index (κ2) is 7.22. The summed E-state index contributed by atoms with van der Waals surface area (Å²) in [5, 5.41) is 6.26. The van der Waals surface area contributed by atoms with Gasteiger partial charge < -0.3 is 10.6 Å². The summed E-state index contributed by atoms with van der Waals surface area (Å²) in [5.74, 6) is 0. The molecule has 0 saturated carbocycles. The fraction of sp³-hybridized carbons (Fsp3) is 0.133. The summed E-state index contributed by atoms with van der Waals surface area (Å²) >= 11 is 10.2. The second-order valence-corrected chi connectivity index (χ2v) is 5.20. The second-order valence-electron chi connectivity index (χ2n) is 4.28. The van der Waals surface area contributed by atoms with Crippen molar-refractivity contribution in [2.75, 3.05) is 11.9 Å². The van der Waals surface area contributed by atoms with Gasteiger partial charge >= 0.3 is 6.03 Å². The molecule has 2 aromatic carbocycles. The fourth-order valence-corrected chi connectivity index (χ4v) is 2.19. The van der Waals surface area contributed by atoms with Gasteiger partial charge in [0, 0.05) is 16.5 Å². The Bertz CT molecular complexity index is 604. The lowest BCUT2D eigenvalue weighted by molar-refractivity contribution is 0.252. The summed E-state index contributed by atoms with van der Waals surface area (Å²) < 4.78 is 0. The summed E-state index contributed by atoms with van der Waals surface area (Å²) in [6, 6.07) is 14.7. The van der Waals surface area contributed by atoms with Crippen molar-refractivity contribution in [2.24, 2.45) is 0 Å². The van der Waals surface area contributed by atoms with Crippen molar-refractivity contribution in [1.29, 1.82) is 0 Å². The smallest absolute Gasteiger partial charge is 0.319 e. The number of anilines is 1. The average molecular weight is 307 g/mol. The molecule has 2 rings (SSSR count). The van der Waals surface area contributed by atoms with Gasteiger partial charge in [0.1, 0.15) is 0 Å². The molecule has 0 unspecified atom stereocenters. The fourth-order valence-electron chi connectivity index (χ4n) is 1.76. The van der Waals surface area contributed by atoms with Crippen molar-refractivity contribution in [2.45, 2.75) is 11.3 Å². The average Bonchev–Trinajstić information content (AvgIpc) is 2.41. The summed E-state index contributed by atoms with van der Waals surface area (Å²) in [5.41, 5.74) is 1.78. The molecule has 0 aliphatic heterocycles. The lowest BCUT2D eigenvalue weighted by Crippen LogP contribution is -2.30. The number of para-hydroxylation sites is 1. The molecule has 0 bridgehead atoms. The Hall–Kier alpha value is -1.65. The van der Waals surface area contributed by atoms with Crippen molar-refractivity contribution in [3.8, 4) is 0 Å². The van der Waals surface area contributed by atoms with E-state index >= 15 is 0 Å². The number of benzene rings is 2. The lowest BCUT2D eigenvalue weighted by atomic mass is 10.1. The first-order valence-electron chi connectivity index (χ1n) is 6.22. The normalized spacial score (nSPS) is 10.1. The maximum absolute atomic E-state index is 11.7. The van der Waals surface area contributed by atoms with E-state index in [9.17, 15) is 4.79 Å². The Kier molecular flexibility index (Phi) is 5.32. The van der Waals surface area contributed by atoms with Gasteiger partial charge in [-0.3, -0.25) is 0 Å². The summed E-state index contributed by atoms with van der Waals surface area (Å²) in [6.45, 7) is 0.543. The Morgan fingerprint density at radius 3 is 2.70 bits per heavy atom. The van der Waals surface area contributed by atoms with E-state index in [0.29, 0.717) is 17.3 Å². The molecule has 0 aliphatic rings. The molecule has 0 atom stereocenters. The number of carbonyl (C=O) groups is 1. The molecule has 0 heterocycles. The van der Waals surface area contributed by atoms with Crippen LogP contribution in [0.15, 0.2) is 53.4 Å². The minimum absolute atomic E-state index is 0.242. The van der Waals surface area contributed by atoms with Crippen LogP contribution in [0.2, 0.25) is 5.02 Å². The summed E-state index contributed by atoms with van der Waals surface area (Å²) in [7, 11) is 0. The number of carbonyl (C=O) groups excluding carboxylic acids is 1. The van der Waals surface area contributed by atoms with E-state index in [2.05, 4.69) is 23.3 Å². The molecular formula is C15H15ClN2OS. The zero-order valence-electron chi connectivity index (χ0n) is 10.8. The van der Waals surface area contributed by atoms with Gasteiger partial charge in [-0.1, -0.05) is 35.9 Å². The van der Waals surface area contributed by atoms with Crippen LogP contribution >= 0.6 is 24.2 Å². The molecular weight excluding hydrogens is 292 g/mol. The maximum Gasteiger partial charge on any atom is 0.319 e. The largest absolute Gasteiger partial charge is 0.338 e. The van der Waals surface area contributed by atoms with E-state index in [-0.39, 0.29) is 6.03 Å². The SMILES string of the molecule is O=C(NCCc1cccc(Cl)c1)Nc1ccccc1S. The number of hydrogen-bond acceptors (Lipinski definition) is 2. The molecule has 3 nitrogen and oxygen atoms in total. The standard InChI is InChI=1S/C15H15ClN2OS/c16-12-5-3-4-11(10-12)8-9-17-15(19)18-13-6-1-2-7-14(13)20/h1-7,10,20H,8-9H2,(H2,17,18,19). The highest BCUT2D eigenvalue weighted by atomic mass is 35.5. The van der Waals surface area contributed by atoms with Crippen molar-refractivity contribution >= 4 is 35.9 Å². The molecule has 2 aromatic rings. The number of amides is 2. The monoisotopic (exact) mass is 306 g/mol. The van der Waals surface area contributed by atoms with E-state index in [1.54, 1.807) is 6.07 Å². The quantitative estimate of drug-likeness (QED) is 0.734. The van der Waals surface area contributed by atoms with Crippen LogP contribution in [0, 0.1) is 0 Å². The van der Waals surface area contributed by atoms with E-state index < -0.39 is 0 Å². The van der Waals surface area contributed by atoms with Crippen molar-refractivity contribution in [3.63, 3.8) is 0 Å². The third-order valence-electron chi connectivity index (χ3n) is 2.74. The molecule has 0 spiro atoms. The van der Waals surface area contributed by atoms with Gasteiger partial charge in [0.05, 0.1) is 5.69 Å². The van der Waals surface area contributed by atoms with Crippen LogP contribution in [0.3, 0.4) is 0 Å². The van der Waals surface area contributed by atoms with Gasteiger partial charge in [0.2, 0.25) is 0 Å². The molecule has 0 radical (unpaired) electrons. The highest BCUT2D eigenvalue weighted by Crippen LogP contribution is 2.18. The molecule has 0 fully saturated rings. The lowest BCUT2D eigenvalue weighted by Gasteiger charge is -2.09. The Labute approximate surface area is 128 Å². The Morgan fingerprint density at radius 1 is 1.15 bits per heavy atom. The molecule has 0 aromatic heterocycles. The highest BCUT2D eigenvalue weighted by Gasteiger charge is 2.03. The van der Waals surface area contributed by atoms with Crippen LogP contribution in [-0.2, 0) is 6.42 Å². The van der Waals surface area contributed by atoms with Crippen LogP contribution in [0.1, 0.15) is 5.56 Å². The topological polar surface area (TPSA) is 41.1 Å². The summed E-state index contributed by atoms with van der Waals surface area (Å²) in [6.07, 6.45) is 0.733. The van der Waals surface area contributed by atoms with E-state index in [4.69, 9.17) is 11.6 Å². The van der Waals surface area contributed by atoms with Gasteiger partial charge in [-0.25, -0.2) is 4.79 Å². The van der Waals surface area contributed by atoms with Gasteiger partial charge in [0.15, 0.2) is 0 Å². The zero-order valence-corrected chi connectivity index (χ0v) is 12.4. The van der Waals surface area contributed by atoms with Gasteiger partial charge in [-0.15, -0.1) is 12.6 Å². The van der Waals surface area contributed by atoms with Gasteiger partial charge in [-0.2, -0.15) is 0 Å². The number of hydrogen-bond donors (Lipinski definition) is 3. The van der Waals surface area contributed by atoms with Crippen LogP contribution in [0.25, 0.3) is 0 Å². The molecule has 5 heteroatoms. The first-order chi connectivity index (χ1) is 9.65. The third-order valence-corrected chi connectivity index (χ3v) is 3.37. The van der Waals surface area contributed by atoms with Crippen molar-refractivity contribution in [1.82, 2.24) is 5.32 Å². The van der Waals surface area contributed by atoms with Gasteiger partial charge in [-0.05, 0) is 36.2 Å². The van der Waals surface area contributed by atoms with Crippen LogP contribution in [0.4, 0.5) is 10.5 Å². The van der Waals surface area contributed by atoms with E-state index in [0.717, 1.165) is 16.9 Å². The minimum atomic E-state index is -0.242. The first kappa shape index (κ1) is 14.8. The van der Waals surface area contributed by atoms with Gasteiger partial charge in [0.25, 0.3) is 0 Å². The number of thiol groups is 1. The predicted octanol–water partition coefficient (Wildman–Crippen LogP) is 3.99. The highest BCUT2D eigenvalue weighted by molar-refractivity contribution is 7.80. The predicted molar refractivity (Wildman–Crippen MR) is 85.9 cm³/mol. The Morgan fingerprint density at radius 2 is 1.95 bits per heavy atom. The number of halogens is 1. The Balaban J connectivity index is 1.80. The van der Waals surface area contributed by atoms with E-state index in [1.807, 2.05) is 42.5 Å². The van der Waals surface area contributed by atoms with Crippen LogP contribution < -0.4 is 10.6 Å². The zero-order chi connectivity index (χ0) is 14.4. The van der Waals surface area contributed by atoms with Crippen LogP contribution in [0.5, 0.6) is 0 Å². The molecule has 0 saturated heterocycles.